The Morgan fingerprint density at radius 2 is 1.89 bits per heavy atom. The number of aryl methyl sites for hydroxylation is 1. The monoisotopic (exact) mass is 520 g/mol. The average molecular weight is 521 g/mol. The van der Waals surface area contributed by atoms with E-state index < -0.39 is 0 Å². The standard InChI is InChI=1S/C27H28N4O3S2/c1-17-10-13-29(14-11-17)24-21(25(32)30-12-4-5-18(2)23(30)28-24)15-22-26(33)31(27(35)36-22)16-19-6-8-20(34-3)9-7-19/h4-9,12,15,17H,10-11,13-14,16H2,1-3H3. The number of piperidine rings is 1. The fourth-order valence-corrected chi connectivity index (χ4v) is 5.81. The van der Waals surface area contributed by atoms with E-state index >= 15 is 0 Å². The van der Waals surface area contributed by atoms with Crippen molar-refractivity contribution in [1.29, 1.82) is 0 Å². The summed E-state index contributed by atoms with van der Waals surface area (Å²) in [6, 6.07) is 11.3. The van der Waals surface area contributed by atoms with E-state index in [9.17, 15) is 9.59 Å². The van der Waals surface area contributed by atoms with E-state index in [1.54, 1.807) is 28.7 Å². The molecule has 0 radical (unpaired) electrons. The van der Waals surface area contributed by atoms with Crippen LogP contribution < -0.4 is 15.2 Å². The number of benzene rings is 1. The molecule has 2 saturated heterocycles. The molecular weight excluding hydrogens is 492 g/mol. The molecule has 36 heavy (non-hydrogen) atoms. The van der Waals surface area contributed by atoms with Gasteiger partial charge in [-0.15, -0.1) is 0 Å². The van der Waals surface area contributed by atoms with Gasteiger partial charge in [-0.3, -0.25) is 18.9 Å². The van der Waals surface area contributed by atoms with Crippen LogP contribution in [0.15, 0.2) is 52.3 Å². The highest BCUT2D eigenvalue weighted by atomic mass is 32.2. The zero-order valence-electron chi connectivity index (χ0n) is 20.6. The first-order valence-electron chi connectivity index (χ1n) is 12.0. The van der Waals surface area contributed by atoms with Gasteiger partial charge in [0.15, 0.2) is 0 Å². The molecule has 186 valence electrons. The van der Waals surface area contributed by atoms with Gasteiger partial charge in [-0.05, 0) is 61.1 Å². The third kappa shape index (κ3) is 4.65. The van der Waals surface area contributed by atoms with Gasteiger partial charge in [0.2, 0.25) is 0 Å². The largest absolute Gasteiger partial charge is 0.497 e. The number of hydrogen-bond donors (Lipinski definition) is 0. The lowest BCUT2D eigenvalue weighted by molar-refractivity contribution is -0.122. The van der Waals surface area contributed by atoms with Crippen molar-refractivity contribution in [1.82, 2.24) is 14.3 Å². The molecule has 9 heteroatoms. The van der Waals surface area contributed by atoms with E-state index in [0.717, 1.165) is 42.8 Å². The zero-order chi connectivity index (χ0) is 25.4. The summed E-state index contributed by atoms with van der Waals surface area (Å²) >= 11 is 6.78. The highest BCUT2D eigenvalue weighted by molar-refractivity contribution is 8.26. The second-order valence-electron chi connectivity index (χ2n) is 9.32. The average Bonchev–Trinajstić information content (AvgIpc) is 3.14. The van der Waals surface area contributed by atoms with Gasteiger partial charge < -0.3 is 9.64 Å². The van der Waals surface area contributed by atoms with Crippen molar-refractivity contribution in [2.75, 3.05) is 25.1 Å². The molecule has 0 atom stereocenters. The molecule has 2 fully saturated rings. The number of nitrogens with zero attached hydrogens (tertiary/aromatic N) is 4. The fraction of sp³-hybridized carbons (Fsp3) is 0.333. The van der Waals surface area contributed by atoms with Crippen molar-refractivity contribution >= 4 is 51.7 Å². The molecule has 0 saturated carbocycles. The van der Waals surface area contributed by atoms with Crippen molar-refractivity contribution in [3.8, 4) is 5.75 Å². The zero-order valence-corrected chi connectivity index (χ0v) is 22.2. The van der Waals surface area contributed by atoms with Gasteiger partial charge >= 0.3 is 0 Å². The third-order valence-corrected chi connectivity index (χ3v) is 8.17. The summed E-state index contributed by atoms with van der Waals surface area (Å²) in [6.07, 6.45) is 5.49. The molecule has 0 aliphatic carbocycles. The lowest BCUT2D eigenvalue weighted by atomic mass is 9.99. The number of carbonyl (C=O) groups excluding carboxylic acids is 1. The Hall–Kier alpha value is -3.17. The molecule has 0 bridgehead atoms. The number of aromatic nitrogens is 2. The molecule has 2 aliphatic heterocycles. The third-order valence-electron chi connectivity index (χ3n) is 6.80. The first kappa shape index (κ1) is 24.5. The lowest BCUT2D eigenvalue weighted by Gasteiger charge is -2.32. The number of anilines is 1. The van der Waals surface area contributed by atoms with Gasteiger partial charge in [0, 0.05) is 19.3 Å². The van der Waals surface area contributed by atoms with Crippen LogP contribution in [0.1, 0.15) is 36.5 Å². The van der Waals surface area contributed by atoms with Crippen LogP contribution in [0.5, 0.6) is 5.75 Å². The maximum atomic E-state index is 13.7. The maximum absolute atomic E-state index is 13.7. The van der Waals surface area contributed by atoms with Crippen molar-refractivity contribution in [2.24, 2.45) is 5.92 Å². The summed E-state index contributed by atoms with van der Waals surface area (Å²) in [6.45, 7) is 6.22. The number of hydrogen-bond acceptors (Lipinski definition) is 7. The quantitative estimate of drug-likeness (QED) is 0.358. The second-order valence-corrected chi connectivity index (χ2v) is 11.0. The van der Waals surface area contributed by atoms with Crippen molar-refractivity contribution in [3.05, 3.63) is 74.5 Å². The molecule has 3 aromatic rings. The van der Waals surface area contributed by atoms with Gasteiger partial charge in [0.1, 0.15) is 21.5 Å². The van der Waals surface area contributed by atoms with Crippen LogP contribution in [-0.2, 0) is 11.3 Å². The van der Waals surface area contributed by atoms with E-state index in [4.69, 9.17) is 21.9 Å². The Bertz CT molecular complexity index is 1420. The van der Waals surface area contributed by atoms with Gasteiger partial charge in [-0.25, -0.2) is 4.98 Å². The molecule has 2 aromatic heterocycles. The van der Waals surface area contributed by atoms with E-state index in [1.165, 1.54) is 11.8 Å². The maximum Gasteiger partial charge on any atom is 0.267 e. The van der Waals surface area contributed by atoms with Crippen LogP contribution in [0, 0.1) is 12.8 Å². The van der Waals surface area contributed by atoms with Crippen LogP contribution in [0.4, 0.5) is 5.82 Å². The van der Waals surface area contributed by atoms with Crippen molar-refractivity contribution in [2.45, 2.75) is 33.2 Å². The normalized spacial score (nSPS) is 18.0. The van der Waals surface area contributed by atoms with Gasteiger partial charge in [0.05, 0.1) is 24.1 Å². The van der Waals surface area contributed by atoms with Crippen LogP contribution in [-0.4, -0.2) is 44.7 Å². The molecule has 0 N–H and O–H groups in total. The number of thioether (sulfide) groups is 1. The van der Waals surface area contributed by atoms with Crippen molar-refractivity contribution in [3.63, 3.8) is 0 Å². The van der Waals surface area contributed by atoms with E-state index in [2.05, 4.69) is 11.8 Å². The number of carbonyl (C=O) groups is 1. The van der Waals surface area contributed by atoms with E-state index in [1.807, 2.05) is 43.3 Å². The summed E-state index contributed by atoms with van der Waals surface area (Å²) in [4.78, 5) is 36.2. The smallest absolute Gasteiger partial charge is 0.267 e. The Labute approximate surface area is 219 Å². The Morgan fingerprint density at radius 1 is 1.17 bits per heavy atom. The molecule has 1 aromatic carbocycles. The molecule has 2 aliphatic rings. The number of methoxy groups -OCH3 is 1. The second kappa shape index (κ2) is 10.1. The Morgan fingerprint density at radius 3 is 2.58 bits per heavy atom. The minimum Gasteiger partial charge on any atom is -0.497 e. The predicted octanol–water partition coefficient (Wildman–Crippen LogP) is 4.65. The number of amides is 1. The van der Waals surface area contributed by atoms with Gasteiger partial charge in [-0.1, -0.05) is 49.1 Å². The van der Waals surface area contributed by atoms with Crippen LogP contribution >= 0.6 is 24.0 Å². The summed E-state index contributed by atoms with van der Waals surface area (Å²) in [5.74, 6) is 1.83. The first-order valence-corrected chi connectivity index (χ1v) is 13.2. The SMILES string of the molecule is COc1ccc(CN2C(=O)C(=Cc3c(N4CCC(C)CC4)nc4c(C)cccn4c3=O)SC2=S)cc1. The molecular formula is C27H28N4O3S2. The molecule has 0 unspecified atom stereocenters. The number of thiocarbonyl (C=S) groups is 1. The molecule has 5 rings (SSSR count). The van der Waals surface area contributed by atoms with Crippen molar-refractivity contribution < 1.29 is 9.53 Å². The highest BCUT2D eigenvalue weighted by Gasteiger charge is 2.33. The summed E-state index contributed by atoms with van der Waals surface area (Å²) in [5.41, 5.74) is 2.76. The molecule has 1 amide bonds. The number of rotatable bonds is 5. The number of ether oxygens (including phenoxy) is 1. The lowest BCUT2D eigenvalue weighted by Crippen LogP contribution is -2.36. The minimum absolute atomic E-state index is 0.183. The predicted molar refractivity (Wildman–Crippen MR) is 149 cm³/mol. The van der Waals surface area contributed by atoms with Crippen LogP contribution in [0.25, 0.3) is 11.7 Å². The van der Waals surface area contributed by atoms with Crippen LogP contribution in [0.2, 0.25) is 0 Å². The first-order chi connectivity index (χ1) is 17.4. The van der Waals surface area contributed by atoms with Gasteiger partial charge in [0.25, 0.3) is 11.5 Å². The Balaban J connectivity index is 1.53. The summed E-state index contributed by atoms with van der Waals surface area (Å²) in [5, 5.41) is 0. The van der Waals surface area contributed by atoms with Crippen LogP contribution in [0.3, 0.4) is 0 Å². The molecule has 0 spiro atoms. The van der Waals surface area contributed by atoms with Gasteiger partial charge in [-0.2, -0.15) is 0 Å². The number of fused-ring (bicyclic) bond motifs is 1. The topological polar surface area (TPSA) is 67.2 Å². The molecule has 7 nitrogen and oxygen atoms in total. The molecule has 4 heterocycles. The number of pyridine rings is 1. The minimum atomic E-state index is -0.201. The summed E-state index contributed by atoms with van der Waals surface area (Å²) in [7, 11) is 1.62. The summed E-state index contributed by atoms with van der Waals surface area (Å²) < 4.78 is 7.26. The van der Waals surface area contributed by atoms with E-state index in [-0.39, 0.29) is 11.5 Å². The van der Waals surface area contributed by atoms with E-state index in [0.29, 0.717) is 38.7 Å². The Kier molecular flexibility index (Phi) is 6.85. The fourth-order valence-electron chi connectivity index (χ4n) is 4.57. The highest BCUT2D eigenvalue weighted by Crippen LogP contribution is 2.35.